The van der Waals surface area contributed by atoms with E-state index < -0.39 is 83.4 Å². The van der Waals surface area contributed by atoms with Gasteiger partial charge in [0.1, 0.15) is 33.2 Å². The minimum Gasteiger partial charge on any atom is -0.355 e. The summed E-state index contributed by atoms with van der Waals surface area (Å²) < 4.78 is 79.2. The highest BCUT2D eigenvalue weighted by Crippen LogP contribution is 2.51. The Morgan fingerprint density at radius 1 is 0.564 bits per heavy atom. The average molecular weight is 1090 g/mol. The molecule has 8 rings (SSSR count). The summed E-state index contributed by atoms with van der Waals surface area (Å²) >= 11 is 0. The van der Waals surface area contributed by atoms with Crippen molar-refractivity contribution in [2.24, 2.45) is 0 Å². The molecule has 4 aromatic heterocycles. The highest BCUT2D eigenvalue weighted by molar-refractivity contribution is 6.06. The van der Waals surface area contributed by atoms with Gasteiger partial charge in [-0.3, -0.25) is 64.1 Å². The number of unbranched alkanes of at least 4 members (excludes halogenated alkanes) is 1. The molecule has 0 unspecified atom stereocenters. The molecule has 0 saturated carbocycles. The number of halogens is 6. The maximum atomic E-state index is 13.2. The Balaban J connectivity index is 0.000000195. The van der Waals surface area contributed by atoms with Crippen LogP contribution in [0.5, 0.6) is 0 Å². The third kappa shape index (κ3) is 12.2. The zero-order valence-electron chi connectivity index (χ0n) is 40.3. The molecule has 0 radical (unpaired) electrons. The van der Waals surface area contributed by atoms with Crippen LogP contribution in [0.1, 0.15) is 69.0 Å². The highest BCUT2D eigenvalue weighted by Gasteiger charge is 2.68. The number of fused-ring (bicyclic) bond motifs is 3. The van der Waals surface area contributed by atoms with Gasteiger partial charge in [0.15, 0.2) is 5.41 Å². The molecular weight excluding hydrogens is 1050 g/mol. The number of hydrogen-bond acceptors (Lipinski definition) is 13. The molecule has 28 heteroatoms. The molecule has 8 aromatic rings. The van der Waals surface area contributed by atoms with E-state index in [1.54, 1.807) is 24.4 Å². The lowest BCUT2D eigenvalue weighted by Crippen LogP contribution is -2.51. The summed E-state index contributed by atoms with van der Waals surface area (Å²) in [5.41, 5.74) is -8.01. The lowest BCUT2D eigenvalue weighted by atomic mass is 9.81. The number of nitrogens with zero attached hydrogens (tertiary/aromatic N) is 4. The summed E-state index contributed by atoms with van der Waals surface area (Å²) in [6, 6.07) is 20.1. The van der Waals surface area contributed by atoms with Crippen molar-refractivity contribution in [2.45, 2.75) is 51.0 Å². The van der Waals surface area contributed by atoms with Crippen LogP contribution in [0.2, 0.25) is 0 Å². The first-order chi connectivity index (χ1) is 36.8. The average Bonchev–Trinajstić information content (AvgIpc) is 3.44. The van der Waals surface area contributed by atoms with E-state index >= 15 is 0 Å². The number of nitrogens with one attached hydrogen (secondary N) is 6. The topological polar surface area (TPSA) is 328 Å². The minimum atomic E-state index is -5.63. The molecule has 6 N–H and O–H groups in total. The molecule has 0 aliphatic heterocycles. The second-order valence-electron chi connectivity index (χ2n) is 16.7. The van der Waals surface area contributed by atoms with E-state index in [4.69, 9.17) is 0 Å². The molecular formula is C50H40F6N10O12. The molecule has 0 atom stereocenters. The number of alkyl halides is 6. The number of nitro groups is 3. The van der Waals surface area contributed by atoms with E-state index in [0.29, 0.717) is 24.4 Å². The zero-order chi connectivity index (χ0) is 57.3. The van der Waals surface area contributed by atoms with Crippen molar-refractivity contribution in [1.29, 1.82) is 0 Å². The first-order valence-electron chi connectivity index (χ1n) is 22.7. The van der Waals surface area contributed by atoms with Crippen LogP contribution in [0.4, 0.5) is 49.1 Å². The van der Waals surface area contributed by atoms with Gasteiger partial charge in [-0.25, -0.2) is 0 Å². The predicted molar refractivity (Wildman–Crippen MR) is 270 cm³/mol. The number of carbonyl (C=O) groups is 3. The maximum absolute atomic E-state index is 13.2. The van der Waals surface area contributed by atoms with E-state index in [2.05, 4.69) is 35.9 Å². The molecule has 0 fully saturated rings. The monoisotopic (exact) mass is 1090 g/mol. The van der Waals surface area contributed by atoms with Gasteiger partial charge in [0, 0.05) is 55.2 Å². The van der Waals surface area contributed by atoms with Crippen LogP contribution >= 0.6 is 0 Å². The fourth-order valence-corrected chi connectivity index (χ4v) is 7.49. The molecule has 4 aromatic carbocycles. The largest absolute Gasteiger partial charge is 0.406 e. The Morgan fingerprint density at radius 2 is 0.974 bits per heavy atom. The van der Waals surface area contributed by atoms with Gasteiger partial charge in [-0.05, 0) is 61.4 Å². The number of benzene rings is 4. The number of aromatic amines is 3. The smallest absolute Gasteiger partial charge is 0.355 e. The van der Waals surface area contributed by atoms with E-state index in [1.807, 2.05) is 6.92 Å². The van der Waals surface area contributed by atoms with Gasteiger partial charge >= 0.3 is 12.4 Å². The number of para-hydroxylation sites is 3. The fourth-order valence-electron chi connectivity index (χ4n) is 7.49. The van der Waals surface area contributed by atoms with Crippen molar-refractivity contribution in [2.75, 3.05) is 11.9 Å². The number of aromatic nitrogens is 4. The Kier molecular flexibility index (Phi) is 17.3. The molecule has 0 aliphatic rings. The third-order valence-corrected chi connectivity index (χ3v) is 11.8. The highest BCUT2D eigenvalue weighted by atomic mass is 19.4. The Bertz CT molecular complexity index is 3800. The molecule has 0 aliphatic carbocycles. The van der Waals surface area contributed by atoms with Gasteiger partial charge in [0.2, 0.25) is 16.3 Å². The molecule has 78 heavy (non-hydrogen) atoms. The van der Waals surface area contributed by atoms with Gasteiger partial charge in [-0.15, -0.1) is 0 Å². The van der Waals surface area contributed by atoms with Gasteiger partial charge in [0.05, 0.1) is 43.2 Å². The van der Waals surface area contributed by atoms with Crippen molar-refractivity contribution in [3.05, 3.63) is 211 Å². The van der Waals surface area contributed by atoms with Crippen molar-refractivity contribution in [3.8, 4) is 0 Å². The third-order valence-electron chi connectivity index (χ3n) is 11.8. The molecule has 3 amide bonds. The minimum absolute atomic E-state index is 0.00833. The lowest BCUT2D eigenvalue weighted by molar-refractivity contribution is -0.383. The van der Waals surface area contributed by atoms with Crippen molar-refractivity contribution in [3.63, 3.8) is 0 Å². The fraction of sp³-hybridized carbons (Fsp3) is 0.180. The Labute approximate surface area is 432 Å². The Hall–Kier alpha value is -10.2. The van der Waals surface area contributed by atoms with Crippen molar-refractivity contribution < 1.29 is 55.5 Å². The van der Waals surface area contributed by atoms with E-state index in [-0.39, 0.29) is 74.4 Å². The Morgan fingerprint density at radius 3 is 1.35 bits per heavy atom. The number of rotatable bonds is 13. The molecule has 22 nitrogen and oxygen atoms in total. The number of non-ortho nitro benzene ring substituents is 3. The van der Waals surface area contributed by atoms with Crippen molar-refractivity contribution >= 4 is 73.2 Å². The quantitative estimate of drug-likeness (QED) is 0.0272. The SMILES string of the molecule is CC(c1ccc(NC(=O)c2c[nH]c3c([N+](=O)[O-])cccc3c2=O)cc1)(C(F)(F)F)C(F)(F)F.CCCCNC(=O)c1c[nH]c2c([N+](=O)[O-])cccc2c1=O.O=C(NCc1ccccn1)c1c[nH]c2c([N+](=O)[O-])cccc2c1=O. The first-order valence-corrected chi connectivity index (χ1v) is 22.7. The van der Waals surface area contributed by atoms with Gasteiger partial charge in [0.25, 0.3) is 34.8 Å². The van der Waals surface area contributed by atoms with E-state index in [0.717, 1.165) is 37.2 Å². The number of nitro benzene ring substituents is 3. The summed E-state index contributed by atoms with van der Waals surface area (Å²) in [5, 5.41) is 40.5. The van der Waals surface area contributed by atoms with E-state index in [9.17, 15) is 85.5 Å². The maximum Gasteiger partial charge on any atom is 0.406 e. The number of H-pyrrole nitrogens is 3. The van der Waals surface area contributed by atoms with Crippen LogP contribution in [-0.2, 0) is 12.0 Å². The molecule has 404 valence electrons. The number of hydrogen-bond donors (Lipinski definition) is 6. The zero-order valence-corrected chi connectivity index (χ0v) is 40.3. The number of anilines is 1. The van der Waals surface area contributed by atoms with E-state index in [1.165, 1.54) is 60.9 Å². The van der Waals surface area contributed by atoms with Crippen LogP contribution in [0.3, 0.4) is 0 Å². The van der Waals surface area contributed by atoms with Gasteiger partial charge in [-0.1, -0.05) is 49.7 Å². The number of carbonyl (C=O) groups excluding carboxylic acids is 3. The summed E-state index contributed by atoms with van der Waals surface area (Å²) in [7, 11) is 0. The summed E-state index contributed by atoms with van der Waals surface area (Å²) in [6.07, 6.45) is -4.57. The normalized spacial score (nSPS) is 11.4. The summed E-state index contributed by atoms with van der Waals surface area (Å²) in [5.74, 6) is -2.07. The molecule has 0 bridgehead atoms. The van der Waals surface area contributed by atoms with Crippen molar-refractivity contribution in [1.82, 2.24) is 30.6 Å². The molecule has 0 saturated heterocycles. The predicted octanol–water partition coefficient (Wildman–Crippen LogP) is 8.80. The first kappa shape index (κ1) is 57.1. The molecule has 4 heterocycles. The van der Waals surface area contributed by atoms with Crippen LogP contribution in [0.25, 0.3) is 32.7 Å². The second kappa shape index (κ2) is 23.6. The van der Waals surface area contributed by atoms with Crippen LogP contribution in [0.15, 0.2) is 136 Å². The second-order valence-corrected chi connectivity index (χ2v) is 16.7. The lowest BCUT2D eigenvalue weighted by Gasteiger charge is -2.34. The number of amides is 3. The standard InChI is InChI=1S/C20H13F6N3O4.C16H12N4O4.C14H15N3O4/c1-18(19(21,22)23,20(24,25)26)10-5-7-11(8-6-10)28-17(31)13-9-27-15-12(16(13)30)3-2-4-14(15)29(32)33;21-15-11-5-3-6-13(20(23)24)14(11)18-9-12(15)16(22)19-8-10-4-1-2-7-17-10;1-2-3-7-15-14(19)10-8-16-12-9(13(10)18)5-4-6-11(12)17(20)21/h2-9H,1H3,(H,27,30)(H,28,31);1-7,9H,8H2,(H,18,21)(H,19,22);4-6,8H,2-3,7H2,1H3,(H,15,19)(H,16,18). The van der Waals surface area contributed by atoms with Gasteiger partial charge in [-0.2, -0.15) is 26.3 Å². The van der Waals surface area contributed by atoms with Crippen LogP contribution in [-0.4, -0.2) is 71.3 Å². The van der Waals surface area contributed by atoms with Gasteiger partial charge < -0.3 is 30.9 Å². The summed E-state index contributed by atoms with van der Waals surface area (Å²) in [6.45, 7) is 2.66. The molecule has 0 spiro atoms. The summed E-state index contributed by atoms with van der Waals surface area (Å²) in [4.78, 5) is 117. The van der Waals surface area contributed by atoms with Crippen LogP contribution < -0.4 is 32.2 Å². The van der Waals surface area contributed by atoms with Crippen LogP contribution in [0, 0.1) is 30.3 Å². The number of pyridine rings is 4.